The number of rotatable bonds is 7. The van der Waals surface area contributed by atoms with E-state index in [1.54, 1.807) is 18.4 Å². The van der Waals surface area contributed by atoms with E-state index >= 15 is 0 Å². The van der Waals surface area contributed by atoms with Gasteiger partial charge < -0.3 is 15.0 Å². The number of thiophene rings is 1. The largest absolute Gasteiger partial charge is 0.497 e. The zero-order chi connectivity index (χ0) is 22.7. The number of benzene rings is 2. The summed E-state index contributed by atoms with van der Waals surface area (Å²) in [7, 11) is 1.63. The standard InChI is InChI=1S/C26H28N2O3S/c1-17(2)16-28-24(22-9-6-14-32-22)23(20-7-4-5-8-21(20)26(28)30)25(29)27-15-18-10-12-19(31-3)13-11-18/h4-14,17,23-24H,15-16H2,1-3H3,(H,27,29). The number of nitrogens with one attached hydrogen (secondary N) is 1. The quantitative estimate of drug-likeness (QED) is 0.553. The summed E-state index contributed by atoms with van der Waals surface area (Å²) in [5.41, 5.74) is 2.40. The van der Waals surface area contributed by atoms with Gasteiger partial charge in [-0.1, -0.05) is 50.2 Å². The minimum atomic E-state index is -0.473. The second-order valence-corrected chi connectivity index (χ2v) is 9.42. The van der Waals surface area contributed by atoms with Crippen LogP contribution in [0.3, 0.4) is 0 Å². The number of carbonyl (C=O) groups is 2. The summed E-state index contributed by atoms with van der Waals surface area (Å²) in [6, 6.07) is 18.8. The molecule has 32 heavy (non-hydrogen) atoms. The predicted octanol–water partition coefficient (Wildman–Crippen LogP) is 5.01. The van der Waals surface area contributed by atoms with Gasteiger partial charge in [-0.2, -0.15) is 0 Å². The Morgan fingerprint density at radius 1 is 1.09 bits per heavy atom. The fourth-order valence-corrected chi connectivity index (χ4v) is 5.16. The van der Waals surface area contributed by atoms with Crippen molar-refractivity contribution in [1.82, 2.24) is 10.2 Å². The minimum absolute atomic E-state index is 0.00750. The second kappa shape index (κ2) is 9.57. The van der Waals surface area contributed by atoms with Crippen LogP contribution in [0.1, 0.15) is 52.2 Å². The molecule has 0 aliphatic carbocycles. The van der Waals surface area contributed by atoms with E-state index in [2.05, 4.69) is 19.2 Å². The van der Waals surface area contributed by atoms with Crippen LogP contribution in [0.4, 0.5) is 0 Å². The van der Waals surface area contributed by atoms with Crippen molar-refractivity contribution in [3.05, 3.63) is 87.6 Å². The lowest BCUT2D eigenvalue weighted by molar-refractivity contribution is -0.124. The molecule has 0 saturated heterocycles. The van der Waals surface area contributed by atoms with Gasteiger partial charge in [-0.3, -0.25) is 9.59 Å². The minimum Gasteiger partial charge on any atom is -0.497 e. The number of nitrogens with zero attached hydrogens (tertiary/aromatic N) is 1. The summed E-state index contributed by atoms with van der Waals surface area (Å²) in [5, 5.41) is 5.11. The molecule has 6 heteroatoms. The van der Waals surface area contributed by atoms with Crippen LogP contribution < -0.4 is 10.1 Å². The third-order valence-electron chi connectivity index (χ3n) is 5.74. The maximum absolute atomic E-state index is 13.6. The molecule has 2 atom stereocenters. The van der Waals surface area contributed by atoms with Crippen LogP contribution in [0.15, 0.2) is 66.0 Å². The summed E-state index contributed by atoms with van der Waals surface area (Å²) >= 11 is 1.59. The van der Waals surface area contributed by atoms with Crippen molar-refractivity contribution in [3.63, 3.8) is 0 Å². The van der Waals surface area contributed by atoms with Gasteiger partial charge in [0, 0.05) is 23.5 Å². The Kier molecular flexibility index (Phi) is 6.61. The molecule has 2 amide bonds. The van der Waals surface area contributed by atoms with Crippen LogP contribution in [-0.4, -0.2) is 30.4 Å². The summed E-state index contributed by atoms with van der Waals surface area (Å²) in [5.74, 6) is 0.510. The maximum Gasteiger partial charge on any atom is 0.254 e. The molecule has 1 aliphatic heterocycles. The van der Waals surface area contributed by atoms with Crippen molar-refractivity contribution in [3.8, 4) is 5.75 Å². The Morgan fingerprint density at radius 2 is 1.84 bits per heavy atom. The van der Waals surface area contributed by atoms with E-state index < -0.39 is 5.92 Å². The highest BCUT2D eigenvalue weighted by molar-refractivity contribution is 7.10. The molecule has 2 heterocycles. The Bertz CT molecular complexity index is 1080. The Morgan fingerprint density at radius 3 is 2.50 bits per heavy atom. The molecule has 2 unspecified atom stereocenters. The third kappa shape index (κ3) is 4.41. The molecule has 166 valence electrons. The fourth-order valence-electron chi connectivity index (χ4n) is 4.29. The smallest absolute Gasteiger partial charge is 0.254 e. The summed E-state index contributed by atoms with van der Waals surface area (Å²) < 4.78 is 5.21. The molecule has 5 nitrogen and oxygen atoms in total. The van der Waals surface area contributed by atoms with Crippen LogP contribution in [0.25, 0.3) is 0 Å². The highest BCUT2D eigenvalue weighted by Gasteiger charge is 2.44. The van der Waals surface area contributed by atoms with Crippen molar-refractivity contribution < 1.29 is 14.3 Å². The van der Waals surface area contributed by atoms with Gasteiger partial charge in [0.1, 0.15) is 5.75 Å². The number of fused-ring (bicyclic) bond motifs is 1. The van der Waals surface area contributed by atoms with Gasteiger partial charge in [0.15, 0.2) is 0 Å². The van der Waals surface area contributed by atoms with Crippen molar-refractivity contribution >= 4 is 23.2 Å². The second-order valence-electron chi connectivity index (χ2n) is 8.44. The molecule has 0 fully saturated rings. The van der Waals surface area contributed by atoms with Crippen molar-refractivity contribution in [2.45, 2.75) is 32.4 Å². The molecule has 0 spiro atoms. The van der Waals surface area contributed by atoms with Crippen molar-refractivity contribution in [2.24, 2.45) is 5.92 Å². The van der Waals surface area contributed by atoms with Gasteiger partial charge >= 0.3 is 0 Å². The highest BCUT2D eigenvalue weighted by Crippen LogP contribution is 2.44. The van der Waals surface area contributed by atoms with Crippen LogP contribution >= 0.6 is 11.3 Å². The first-order valence-electron chi connectivity index (χ1n) is 10.8. The normalized spacial score (nSPS) is 17.9. The number of carbonyl (C=O) groups excluding carboxylic acids is 2. The number of hydrogen-bond acceptors (Lipinski definition) is 4. The van der Waals surface area contributed by atoms with Gasteiger partial charge in [-0.05, 0) is 46.7 Å². The molecule has 4 rings (SSSR count). The van der Waals surface area contributed by atoms with Gasteiger partial charge in [-0.15, -0.1) is 11.3 Å². The van der Waals surface area contributed by atoms with Gasteiger partial charge in [0.05, 0.1) is 19.1 Å². The van der Waals surface area contributed by atoms with Crippen molar-refractivity contribution in [2.75, 3.05) is 13.7 Å². The number of methoxy groups -OCH3 is 1. The summed E-state index contributed by atoms with van der Waals surface area (Å²) in [6.07, 6.45) is 0. The van der Waals surface area contributed by atoms with Gasteiger partial charge in [-0.25, -0.2) is 0 Å². The van der Waals surface area contributed by atoms with Gasteiger partial charge in [0.25, 0.3) is 5.91 Å². The fraction of sp³-hybridized carbons (Fsp3) is 0.308. The molecule has 2 aromatic carbocycles. The first kappa shape index (κ1) is 22.1. The Hall–Kier alpha value is -3.12. The van der Waals surface area contributed by atoms with E-state index in [4.69, 9.17) is 4.74 Å². The summed E-state index contributed by atoms with van der Waals surface area (Å²) in [4.78, 5) is 30.0. The molecule has 1 aliphatic rings. The lowest BCUT2D eigenvalue weighted by Gasteiger charge is -2.42. The number of ether oxygens (including phenoxy) is 1. The third-order valence-corrected chi connectivity index (χ3v) is 6.69. The molecular weight excluding hydrogens is 420 g/mol. The average Bonchev–Trinajstić information content (AvgIpc) is 3.33. The number of hydrogen-bond donors (Lipinski definition) is 1. The average molecular weight is 449 g/mol. The molecule has 0 saturated carbocycles. The first-order valence-corrected chi connectivity index (χ1v) is 11.7. The van der Waals surface area contributed by atoms with Crippen molar-refractivity contribution in [1.29, 1.82) is 0 Å². The van der Waals surface area contributed by atoms with Crippen LogP contribution in [0, 0.1) is 5.92 Å². The monoisotopic (exact) mass is 448 g/mol. The highest BCUT2D eigenvalue weighted by atomic mass is 32.1. The van der Waals surface area contributed by atoms with Gasteiger partial charge in [0.2, 0.25) is 5.91 Å². The molecule has 1 aromatic heterocycles. The first-order chi connectivity index (χ1) is 15.5. The zero-order valence-corrected chi connectivity index (χ0v) is 19.4. The molecular formula is C26H28N2O3S. The summed E-state index contributed by atoms with van der Waals surface area (Å²) in [6.45, 7) is 5.20. The predicted molar refractivity (Wildman–Crippen MR) is 127 cm³/mol. The zero-order valence-electron chi connectivity index (χ0n) is 18.6. The van der Waals surface area contributed by atoms with Crippen LogP contribution in [-0.2, 0) is 11.3 Å². The van der Waals surface area contributed by atoms with E-state index in [0.717, 1.165) is 21.8 Å². The van der Waals surface area contributed by atoms with E-state index in [9.17, 15) is 9.59 Å². The molecule has 0 radical (unpaired) electrons. The molecule has 0 bridgehead atoms. The lowest BCUT2D eigenvalue weighted by Crippen LogP contribution is -2.48. The molecule has 3 aromatic rings. The topological polar surface area (TPSA) is 58.6 Å². The van der Waals surface area contributed by atoms with E-state index in [-0.39, 0.29) is 23.8 Å². The SMILES string of the molecule is COc1ccc(CNC(=O)C2c3ccccc3C(=O)N(CC(C)C)C2c2cccs2)cc1. The van der Waals surface area contributed by atoms with E-state index in [1.807, 2.05) is 70.9 Å². The molecule has 1 N–H and O–H groups in total. The van der Waals surface area contributed by atoms with Crippen LogP contribution in [0.5, 0.6) is 5.75 Å². The lowest BCUT2D eigenvalue weighted by atomic mass is 9.81. The maximum atomic E-state index is 13.6. The number of amides is 2. The Balaban J connectivity index is 1.69. The Labute approximate surface area is 193 Å². The van der Waals surface area contributed by atoms with E-state index in [0.29, 0.717) is 18.7 Å². The van der Waals surface area contributed by atoms with Crippen LogP contribution in [0.2, 0.25) is 0 Å². The van der Waals surface area contributed by atoms with E-state index in [1.165, 1.54) is 0 Å².